The second kappa shape index (κ2) is 9.72. The van der Waals surface area contributed by atoms with E-state index in [1.54, 1.807) is 12.5 Å². The molecule has 1 unspecified atom stereocenters. The maximum absolute atomic E-state index is 13.2. The molecule has 1 fully saturated rings. The molecule has 0 saturated carbocycles. The van der Waals surface area contributed by atoms with Crippen LogP contribution < -0.4 is 0 Å². The number of aromatic nitrogens is 2. The molecule has 30 heavy (non-hydrogen) atoms. The van der Waals surface area contributed by atoms with Crippen LogP contribution in [0.1, 0.15) is 47.4 Å². The zero-order valence-corrected chi connectivity index (χ0v) is 17.5. The van der Waals surface area contributed by atoms with Crippen LogP contribution in [0.15, 0.2) is 73.2 Å². The van der Waals surface area contributed by atoms with Gasteiger partial charge in [0.25, 0.3) is 5.91 Å². The zero-order valence-electron chi connectivity index (χ0n) is 17.5. The second-order valence-corrected chi connectivity index (χ2v) is 8.01. The molecule has 1 saturated heterocycles. The van der Waals surface area contributed by atoms with E-state index in [9.17, 15) is 4.79 Å². The molecule has 0 aliphatic carbocycles. The van der Waals surface area contributed by atoms with Crippen LogP contribution in [0.25, 0.3) is 0 Å². The van der Waals surface area contributed by atoms with Crippen LogP contribution in [-0.2, 0) is 11.3 Å². The first-order valence-electron chi connectivity index (χ1n) is 10.7. The van der Waals surface area contributed by atoms with E-state index in [0.717, 1.165) is 32.5 Å². The molecule has 2 heterocycles. The molecule has 4 rings (SSSR count). The fourth-order valence-electron chi connectivity index (χ4n) is 4.05. The summed E-state index contributed by atoms with van der Waals surface area (Å²) in [6, 6.07) is 20.5. The molecule has 1 aliphatic rings. The van der Waals surface area contributed by atoms with Gasteiger partial charge in [-0.1, -0.05) is 60.7 Å². The summed E-state index contributed by atoms with van der Waals surface area (Å²) in [5.41, 5.74) is 3.02. The molecular weight excluding hydrogens is 374 g/mol. The number of hydrogen-bond donors (Lipinski definition) is 0. The van der Waals surface area contributed by atoms with E-state index in [4.69, 9.17) is 4.74 Å². The smallest absolute Gasteiger partial charge is 0.272 e. The van der Waals surface area contributed by atoms with Crippen molar-refractivity contribution in [2.75, 3.05) is 19.7 Å². The monoisotopic (exact) mass is 403 g/mol. The van der Waals surface area contributed by atoms with E-state index in [-0.39, 0.29) is 11.9 Å². The molecule has 0 N–H and O–H groups in total. The molecule has 3 aromatic rings. The van der Waals surface area contributed by atoms with Crippen molar-refractivity contribution in [3.05, 3.63) is 90.0 Å². The quantitative estimate of drug-likeness (QED) is 0.581. The summed E-state index contributed by atoms with van der Waals surface area (Å²) in [5.74, 6) is 0.574. The van der Waals surface area contributed by atoms with Crippen molar-refractivity contribution in [2.45, 2.75) is 32.4 Å². The molecule has 0 spiro atoms. The summed E-state index contributed by atoms with van der Waals surface area (Å²) in [6.45, 7) is 5.03. The van der Waals surface area contributed by atoms with Gasteiger partial charge in [0.1, 0.15) is 5.69 Å². The Morgan fingerprint density at radius 1 is 1.07 bits per heavy atom. The van der Waals surface area contributed by atoms with Crippen molar-refractivity contribution in [1.82, 2.24) is 14.5 Å². The summed E-state index contributed by atoms with van der Waals surface area (Å²) in [5, 5.41) is 0. The fraction of sp³-hybridized carbons (Fsp3) is 0.360. The minimum atomic E-state index is 0.0663. The molecule has 1 aromatic heterocycles. The lowest BCUT2D eigenvalue weighted by molar-refractivity contribution is 0.0472. The summed E-state index contributed by atoms with van der Waals surface area (Å²) < 4.78 is 7.89. The molecule has 156 valence electrons. The Labute approximate surface area is 178 Å². The molecule has 2 aromatic carbocycles. The molecule has 1 amide bonds. The predicted molar refractivity (Wildman–Crippen MR) is 117 cm³/mol. The molecule has 1 aliphatic heterocycles. The van der Waals surface area contributed by atoms with Crippen LogP contribution in [0.3, 0.4) is 0 Å². The highest BCUT2D eigenvalue weighted by molar-refractivity contribution is 5.92. The van der Waals surface area contributed by atoms with E-state index in [0.29, 0.717) is 18.2 Å². The Bertz CT molecular complexity index is 931. The molecule has 0 bridgehead atoms. The van der Waals surface area contributed by atoms with Gasteiger partial charge in [-0.2, -0.15) is 0 Å². The first-order valence-corrected chi connectivity index (χ1v) is 10.7. The summed E-state index contributed by atoms with van der Waals surface area (Å²) in [4.78, 5) is 19.4. The topological polar surface area (TPSA) is 47.4 Å². The van der Waals surface area contributed by atoms with Crippen molar-refractivity contribution in [1.29, 1.82) is 0 Å². The molecule has 1 atom stereocenters. The summed E-state index contributed by atoms with van der Waals surface area (Å²) >= 11 is 0. The van der Waals surface area contributed by atoms with Crippen molar-refractivity contribution in [3.8, 4) is 0 Å². The number of nitrogens with zero attached hydrogens (tertiary/aromatic N) is 3. The molecule has 5 heteroatoms. The van der Waals surface area contributed by atoms with E-state index < -0.39 is 0 Å². The highest BCUT2D eigenvalue weighted by Gasteiger charge is 2.26. The molecule has 0 radical (unpaired) electrons. The number of hydrogen-bond acceptors (Lipinski definition) is 3. The number of carbonyl (C=O) groups excluding carboxylic acids is 1. The molecular formula is C25H29N3O2. The predicted octanol–water partition coefficient (Wildman–Crippen LogP) is 4.56. The van der Waals surface area contributed by atoms with Crippen LogP contribution in [-0.4, -0.2) is 40.1 Å². The number of likely N-dealkylation sites (tertiary alicyclic amines) is 1. The average molecular weight is 404 g/mol. The summed E-state index contributed by atoms with van der Waals surface area (Å²) in [7, 11) is 0. The van der Waals surface area contributed by atoms with Crippen molar-refractivity contribution in [2.24, 2.45) is 5.92 Å². The lowest BCUT2D eigenvalue weighted by atomic mass is 9.97. The standard InChI is InChI=1S/C25H29N3O2/c1-20(23-10-6-3-7-11-23)28-19-26-16-24(28)25(29)27-14-12-22(13-15-27)18-30-17-21-8-4-2-5-9-21/h2-11,16,19-20,22H,12-15,17-18H2,1H3. The maximum Gasteiger partial charge on any atom is 0.272 e. The Balaban J connectivity index is 1.30. The first-order chi connectivity index (χ1) is 14.7. The Morgan fingerprint density at radius 3 is 2.43 bits per heavy atom. The van der Waals surface area contributed by atoms with Gasteiger partial charge in [0, 0.05) is 19.7 Å². The lowest BCUT2D eigenvalue weighted by Gasteiger charge is -2.32. The van der Waals surface area contributed by atoms with Crippen molar-refractivity contribution < 1.29 is 9.53 Å². The molecule has 5 nitrogen and oxygen atoms in total. The van der Waals surface area contributed by atoms with Gasteiger partial charge in [-0.25, -0.2) is 4.98 Å². The van der Waals surface area contributed by atoms with Gasteiger partial charge in [-0.05, 0) is 36.8 Å². The number of ether oxygens (including phenoxy) is 1. The van der Waals surface area contributed by atoms with Crippen LogP contribution in [0.2, 0.25) is 0 Å². The SMILES string of the molecule is CC(c1ccccc1)n1cncc1C(=O)N1CCC(COCc2ccccc2)CC1. The average Bonchev–Trinajstić information content (AvgIpc) is 3.30. The van der Waals surface area contributed by atoms with Crippen molar-refractivity contribution in [3.63, 3.8) is 0 Å². The Morgan fingerprint density at radius 2 is 1.73 bits per heavy atom. The highest BCUT2D eigenvalue weighted by Crippen LogP contribution is 2.23. The third kappa shape index (κ3) is 4.79. The van der Waals surface area contributed by atoms with E-state index in [2.05, 4.69) is 36.2 Å². The highest BCUT2D eigenvalue weighted by atomic mass is 16.5. The third-order valence-electron chi connectivity index (χ3n) is 5.95. The van der Waals surface area contributed by atoms with Gasteiger partial charge in [0.05, 0.1) is 25.2 Å². The number of carbonyl (C=O) groups is 1. The van der Waals surface area contributed by atoms with E-state index in [1.807, 2.05) is 45.9 Å². The van der Waals surface area contributed by atoms with Gasteiger partial charge < -0.3 is 14.2 Å². The van der Waals surface area contributed by atoms with Crippen LogP contribution in [0.5, 0.6) is 0 Å². The maximum atomic E-state index is 13.2. The zero-order chi connectivity index (χ0) is 20.8. The van der Waals surface area contributed by atoms with Crippen LogP contribution in [0, 0.1) is 5.92 Å². The second-order valence-electron chi connectivity index (χ2n) is 8.01. The minimum absolute atomic E-state index is 0.0663. The first kappa shape index (κ1) is 20.4. The van der Waals surface area contributed by atoms with E-state index in [1.165, 1.54) is 11.1 Å². The number of amides is 1. The number of rotatable bonds is 7. The van der Waals surface area contributed by atoms with Gasteiger partial charge in [-0.3, -0.25) is 4.79 Å². The van der Waals surface area contributed by atoms with Gasteiger partial charge in [-0.15, -0.1) is 0 Å². The van der Waals surface area contributed by atoms with Gasteiger partial charge in [0.15, 0.2) is 0 Å². The Kier molecular flexibility index (Phi) is 6.60. The van der Waals surface area contributed by atoms with Crippen molar-refractivity contribution >= 4 is 5.91 Å². The lowest BCUT2D eigenvalue weighted by Crippen LogP contribution is -2.40. The number of piperidine rings is 1. The minimum Gasteiger partial charge on any atom is -0.376 e. The fourth-order valence-corrected chi connectivity index (χ4v) is 4.05. The number of imidazole rings is 1. The van der Waals surface area contributed by atoms with Crippen LogP contribution >= 0.6 is 0 Å². The largest absolute Gasteiger partial charge is 0.376 e. The van der Waals surface area contributed by atoms with Gasteiger partial charge in [0.2, 0.25) is 0 Å². The normalized spacial score (nSPS) is 15.8. The summed E-state index contributed by atoms with van der Waals surface area (Å²) in [6.07, 6.45) is 5.40. The number of benzene rings is 2. The Hall–Kier alpha value is -2.92. The van der Waals surface area contributed by atoms with Crippen LogP contribution in [0.4, 0.5) is 0 Å². The van der Waals surface area contributed by atoms with Gasteiger partial charge >= 0.3 is 0 Å². The van der Waals surface area contributed by atoms with E-state index >= 15 is 0 Å². The third-order valence-corrected chi connectivity index (χ3v) is 5.95.